The fraction of sp³-hybridized carbons (Fsp3) is 0.333. The largest absolute Gasteiger partial charge is 0.382 e. The summed E-state index contributed by atoms with van der Waals surface area (Å²) < 4.78 is 0. The Morgan fingerprint density at radius 1 is 0.833 bits per heavy atom. The van der Waals surface area contributed by atoms with Crippen molar-refractivity contribution in [1.82, 2.24) is 10.2 Å². The van der Waals surface area contributed by atoms with Crippen molar-refractivity contribution < 1.29 is 0 Å². The molecule has 3 heteroatoms. The fourth-order valence-corrected chi connectivity index (χ4v) is 2.41. The Labute approximate surface area is 108 Å². The molecule has 18 heavy (non-hydrogen) atoms. The Bertz CT molecular complexity index is 592. The van der Waals surface area contributed by atoms with Gasteiger partial charge in [0.1, 0.15) is 5.82 Å². The molecule has 2 aromatic rings. The van der Waals surface area contributed by atoms with Gasteiger partial charge in [0.25, 0.3) is 0 Å². The highest BCUT2D eigenvalue weighted by atomic mass is 15.1. The molecule has 0 aliphatic carbocycles. The Kier molecular flexibility index (Phi) is 3.07. The summed E-state index contributed by atoms with van der Waals surface area (Å²) in [5, 5.41) is 8.33. The van der Waals surface area contributed by atoms with Gasteiger partial charge in [-0.1, -0.05) is 17.7 Å². The van der Waals surface area contributed by atoms with E-state index in [4.69, 9.17) is 5.73 Å². The van der Waals surface area contributed by atoms with Crippen molar-refractivity contribution in [1.29, 1.82) is 0 Å². The number of rotatable bonds is 1. The molecule has 0 unspecified atom stereocenters. The molecule has 0 bridgehead atoms. The number of nitrogens with two attached hydrogens (primary N) is 1. The maximum Gasteiger partial charge on any atom is 0.149 e. The molecule has 0 amide bonds. The van der Waals surface area contributed by atoms with E-state index >= 15 is 0 Å². The summed E-state index contributed by atoms with van der Waals surface area (Å²) >= 11 is 0. The van der Waals surface area contributed by atoms with Crippen molar-refractivity contribution in [2.24, 2.45) is 0 Å². The molecule has 1 heterocycles. The molecule has 0 saturated heterocycles. The van der Waals surface area contributed by atoms with Crippen LogP contribution < -0.4 is 5.73 Å². The first-order valence-corrected chi connectivity index (χ1v) is 6.09. The van der Waals surface area contributed by atoms with Gasteiger partial charge in [-0.25, -0.2) is 0 Å². The van der Waals surface area contributed by atoms with Gasteiger partial charge in [0.2, 0.25) is 0 Å². The van der Waals surface area contributed by atoms with Crippen LogP contribution in [0.3, 0.4) is 0 Å². The monoisotopic (exact) mass is 241 g/mol. The molecular weight excluding hydrogens is 222 g/mol. The van der Waals surface area contributed by atoms with Crippen LogP contribution in [0.1, 0.15) is 27.8 Å². The molecule has 3 nitrogen and oxygen atoms in total. The van der Waals surface area contributed by atoms with Gasteiger partial charge < -0.3 is 5.73 Å². The summed E-state index contributed by atoms with van der Waals surface area (Å²) in [7, 11) is 0. The molecule has 94 valence electrons. The van der Waals surface area contributed by atoms with E-state index in [0.717, 1.165) is 16.8 Å². The first kappa shape index (κ1) is 12.6. The maximum absolute atomic E-state index is 5.79. The van der Waals surface area contributed by atoms with Crippen LogP contribution in [0.2, 0.25) is 0 Å². The lowest BCUT2D eigenvalue weighted by molar-refractivity contribution is 1.01. The van der Waals surface area contributed by atoms with Gasteiger partial charge >= 0.3 is 0 Å². The Balaban J connectivity index is 2.74. The van der Waals surface area contributed by atoms with E-state index in [1.807, 2.05) is 6.92 Å². The van der Waals surface area contributed by atoms with Gasteiger partial charge in [0.15, 0.2) is 0 Å². The number of nitrogens with zero attached hydrogens (tertiary/aromatic N) is 2. The Hall–Kier alpha value is -1.90. The van der Waals surface area contributed by atoms with Crippen LogP contribution in [0.4, 0.5) is 5.82 Å². The smallest absolute Gasteiger partial charge is 0.149 e. The van der Waals surface area contributed by atoms with Crippen LogP contribution >= 0.6 is 0 Å². The van der Waals surface area contributed by atoms with E-state index in [1.54, 1.807) is 0 Å². The number of aromatic nitrogens is 2. The van der Waals surface area contributed by atoms with E-state index in [0.29, 0.717) is 5.82 Å². The lowest BCUT2D eigenvalue weighted by Gasteiger charge is -2.14. The summed E-state index contributed by atoms with van der Waals surface area (Å²) in [6.45, 7) is 10.4. The highest BCUT2D eigenvalue weighted by molar-refractivity contribution is 5.72. The second kappa shape index (κ2) is 4.41. The van der Waals surface area contributed by atoms with Gasteiger partial charge in [0, 0.05) is 5.56 Å². The van der Waals surface area contributed by atoms with Gasteiger partial charge in [-0.15, -0.1) is 10.2 Å². The molecule has 1 aromatic heterocycles. The average Bonchev–Trinajstić information content (AvgIpc) is 2.28. The minimum atomic E-state index is 0.513. The Morgan fingerprint density at radius 3 is 1.94 bits per heavy atom. The maximum atomic E-state index is 5.79. The fourth-order valence-electron chi connectivity index (χ4n) is 2.41. The van der Waals surface area contributed by atoms with Crippen LogP contribution in [0, 0.1) is 34.6 Å². The molecule has 0 aliphatic rings. The zero-order chi connectivity index (χ0) is 13.4. The minimum absolute atomic E-state index is 0.513. The first-order valence-electron chi connectivity index (χ1n) is 6.09. The van der Waals surface area contributed by atoms with Crippen molar-refractivity contribution in [3.63, 3.8) is 0 Å². The highest BCUT2D eigenvalue weighted by Crippen LogP contribution is 2.30. The number of hydrogen-bond donors (Lipinski definition) is 1. The van der Waals surface area contributed by atoms with Crippen molar-refractivity contribution in [3.8, 4) is 11.3 Å². The van der Waals surface area contributed by atoms with E-state index < -0.39 is 0 Å². The van der Waals surface area contributed by atoms with E-state index in [-0.39, 0.29) is 0 Å². The van der Waals surface area contributed by atoms with Gasteiger partial charge in [-0.05, 0) is 56.9 Å². The van der Waals surface area contributed by atoms with Gasteiger partial charge in [-0.2, -0.15) is 0 Å². The van der Waals surface area contributed by atoms with E-state index in [9.17, 15) is 0 Å². The van der Waals surface area contributed by atoms with Crippen molar-refractivity contribution in [3.05, 3.63) is 39.9 Å². The third kappa shape index (κ3) is 1.96. The third-order valence-corrected chi connectivity index (χ3v) is 3.47. The van der Waals surface area contributed by atoms with E-state index in [2.05, 4.69) is 50.0 Å². The van der Waals surface area contributed by atoms with Crippen LogP contribution in [0.15, 0.2) is 12.1 Å². The lowest BCUT2D eigenvalue weighted by atomic mass is 9.94. The van der Waals surface area contributed by atoms with Crippen molar-refractivity contribution in [2.45, 2.75) is 34.6 Å². The molecule has 0 radical (unpaired) electrons. The molecular formula is C15H19N3. The third-order valence-electron chi connectivity index (χ3n) is 3.47. The van der Waals surface area contributed by atoms with Crippen LogP contribution in [-0.2, 0) is 0 Å². The predicted molar refractivity (Wildman–Crippen MR) is 75.6 cm³/mol. The molecule has 0 atom stereocenters. The van der Waals surface area contributed by atoms with Crippen molar-refractivity contribution >= 4 is 5.82 Å². The standard InChI is InChI=1S/C15H19N3/c1-8-6-9(2)13(10(3)7-8)14-11(4)12(5)15(16)18-17-14/h6-7H,1-5H3,(H2,16,18). The minimum Gasteiger partial charge on any atom is -0.382 e. The molecule has 2 N–H and O–H groups in total. The lowest BCUT2D eigenvalue weighted by Crippen LogP contribution is -2.03. The second-order valence-electron chi connectivity index (χ2n) is 4.96. The molecule has 0 fully saturated rings. The van der Waals surface area contributed by atoms with Gasteiger partial charge in [0.05, 0.1) is 5.69 Å². The number of nitrogen functional groups attached to an aromatic ring is 1. The topological polar surface area (TPSA) is 51.8 Å². The molecule has 0 aliphatic heterocycles. The van der Waals surface area contributed by atoms with Crippen molar-refractivity contribution in [2.75, 3.05) is 5.73 Å². The molecule has 2 rings (SSSR count). The van der Waals surface area contributed by atoms with Gasteiger partial charge in [-0.3, -0.25) is 0 Å². The predicted octanol–water partition coefficient (Wildman–Crippen LogP) is 3.27. The molecule has 0 saturated carbocycles. The summed E-state index contributed by atoms with van der Waals surface area (Å²) in [4.78, 5) is 0. The number of benzene rings is 1. The van der Waals surface area contributed by atoms with Crippen LogP contribution in [0.25, 0.3) is 11.3 Å². The summed E-state index contributed by atoms with van der Waals surface area (Å²) in [5.74, 6) is 0.513. The quantitative estimate of drug-likeness (QED) is 0.833. The summed E-state index contributed by atoms with van der Waals surface area (Å²) in [5.41, 5.74) is 13.8. The average molecular weight is 241 g/mol. The summed E-state index contributed by atoms with van der Waals surface area (Å²) in [6, 6.07) is 4.35. The SMILES string of the molecule is Cc1cc(C)c(-c2nnc(N)c(C)c2C)c(C)c1. The van der Waals surface area contributed by atoms with Crippen LogP contribution in [-0.4, -0.2) is 10.2 Å². The number of aryl methyl sites for hydroxylation is 3. The Morgan fingerprint density at radius 2 is 1.39 bits per heavy atom. The zero-order valence-electron chi connectivity index (χ0n) is 11.6. The van der Waals surface area contributed by atoms with Crippen LogP contribution in [0.5, 0.6) is 0 Å². The molecule has 1 aromatic carbocycles. The first-order chi connectivity index (χ1) is 8.41. The van der Waals surface area contributed by atoms with E-state index in [1.165, 1.54) is 22.3 Å². The highest BCUT2D eigenvalue weighted by Gasteiger charge is 2.14. The molecule has 0 spiro atoms. The number of hydrogen-bond acceptors (Lipinski definition) is 3. The normalized spacial score (nSPS) is 10.7. The zero-order valence-corrected chi connectivity index (χ0v) is 11.6. The number of anilines is 1. The second-order valence-corrected chi connectivity index (χ2v) is 4.96. The summed E-state index contributed by atoms with van der Waals surface area (Å²) in [6.07, 6.45) is 0.